The highest BCUT2D eigenvalue weighted by Gasteiger charge is 2.07. The van der Waals surface area contributed by atoms with Gasteiger partial charge >= 0.3 is 0 Å². The fraction of sp³-hybridized carbons (Fsp3) is 0.148. The molecule has 0 aliphatic heterocycles. The minimum Gasteiger partial charge on any atom is -0.256 e. The summed E-state index contributed by atoms with van der Waals surface area (Å²) in [5.41, 5.74) is 9.26. The van der Waals surface area contributed by atoms with E-state index in [1.54, 1.807) is 6.08 Å². The smallest absolute Gasteiger partial charge is 0.0705 e. The average Bonchev–Trinajstić information content (AvgIpc) is 2.73. The van der Waals surface area contributed by atoms with Gasteiger partial charge in [-0.25, -0.2) is 0 Å². The van der Waals surface area contributed by atoms with Crippen LogP contribution in [0.15, 0.2) is 92.2 Å². The minimum atomic E-state index is 0.944. The lowest BCUT2D eigenvalue weighted by atomic mass is 9.95. The molecule has 0 aliphatic carbocycles. The molecule has 0 unspecified atom stereocenters. The van der Waals surface area contributed by atoms with Crippen LogP contribution in [0, 0.1) is 6.92 Å². The second kappa shape index (κ2) is 9.14. The molecule has 0 N–H and O–H groups in total. The normalized spacial score (nSPS) is 10.9. The van der Waals surface area contributed by atoms with Crippen LogP contribution in [0.2, 0.25) is 0 Å². The van der Waals surface area contributed by atoms with Crippen LogP contribution >= 0.6 is 0 Å². The van der Waals surface area contributed by atoms with E-state index in [9.17, 15) is 0 Å². The van der Waals surface area contributed by atoms with Gasteiger partial charge in [-0.2, -0.15) is 0 Å². The first-order valence-corrected chi connectivity index (χ1v) is 9.77. The highest BCUT2D eigenvalue weighted by Crippen LogP contribution is 2.28. The van der Waals surface area contributed by atoms with Gasteiger partial charge in [0.15, 0.2) is 0 Å². The van der Waals surface area contributed by atoms with Crippen molar-refractivity contribution in [3.05, 3.63) is 109 Å². The number of hydrogen-bond acceptors (Lipinski definition) is 1. The number of aryl methyl sites for hydroxylation is 2. The molecule has 0 spiro atoms. The molecule has 140 valence electrons. The van der Waals surface area contributed by atoms with Crippen molar-refractivity contribution in [3.8, 4) is 22.4 Å². The summed E-state index contributed by atoms with van der Waals surface area (Å²) in [6, 6.07) is 19.5. The van der Waals surface area contributed by atoms with Gasteiger partial charge < -0.3 is 0 Å². The summed E-state index contributed by atoms with van der Waals surface area (Å²) >= 11 is 0. The molecule has 1 heterocycles. The van der Waals surface area contributed by atoms with Gasteiger partial charge in [-0.3, -0.25) is 4.98 Å². The molecule has 0 bridgehead atoms. The van der Waals surface area contributed by atoms with E-state index in [1.165, 1.54) is 22.3 Å². The molecular formula is C27H27N. The number of pyridine rings is 1. The van der Waals surface area contributed by atoms with Crippen molar-refractivity contribution in [3.63, 3.8) is 0 Å². The zero-order chi connectivity index (χ0) is 19.9. The zero-order valence-electron chi connectivity index (χ0n) is 16.8. The Bertz CT molecular complexity index is 1010. The van der Waals surface area contributed by atoms with Crippen molar-refractivity contribution in [1.29, 1.82) is 0 Å². The standard InChI is InChI=1S/C27H27N/c1-5-7-11-20(3)26-19-28-27(18-21(26)4)24-16-14-23(15-17-24)25-13-9-8-12-22(25)10-6-2/h5,7-9,11-19H,1,3,6,10H2,2,4H3/b11-7-. The summed E-state index contributed by atoms with van der Waals surface area (Å²) in [5.74, 6) is 0. The van der Waals surface area contributed by atoms with Crippen LogP contribution in [-0.4, -0.2) is 4.98 Å². The molecule has 0 saturated heterocycles. The predicted molar refractivity (Wildman–Crippen MR) is 122 cm³/mol. The summed E-state index contributed by atoms with van der Waals surface area (Å²) in [4.78, 5) is 4.67. The number of aromatic nitrogens is 1. The fourth-order valence-electron chi connectivity index (χ4n) is 3.43. The third kappa shape index (κ3) is 4.37. The summed E-state index contributed by atoms with van der Waals surface area (Å²) in [6.07, 6.45) is 9.76. The van der Waals surface area contributed by atoms with E-state index in [-0.39, 0.29) is 0 Å². The number of hydrogen-bond donors (Lipinski definition) is 0. The molecule has 3 aromatic rings. The summed E-state index contributed by atoms with van der Waals surface area (Å²) in [7, 11) is 0. The van der Waals surface area contributed by atoms with Gasteiger partial charge in [-0.15, -0.1) is 0 Å². The maximum Gasteiger partial charge on any atom is 0.0705 e. The predicted octanol–water partition coefficient (Wildman–Crippen LogP) is 7.43. The fourth-order valence-corrected chi connectivity index (χ4v) is 3.43. The maximum atomic E-state index is 4.67. The quantitative estimate of drug-likeness (QED) is 0.397. The van der Waals surface area contributed by atoms with E-state index in [0.29, 0.717) is 0 Å². The average molecular weight is 366 g/mol. The SMILES string of the molecule is C=C/C=C\C(=C)c1cnc(-c2ccc(-c3ccccc3CCC)cc2)cc1C. The highest BCUT2D eigenvalue weighted by molar-refractivity contribution is 5.76. The Kier molecular flexibility index (Phi) is 6.39. The Morgan fingerprint density at radius 3 is 2.43 bits per heavy atom. The lowest BCUT2D eigenvalue weighted by molar-refractivity contribution is 0.923. The Morgan fingerprint density at radius 2 is 1.75 bits per heavy atom. The Balaban J connectivity index is 1.88. The Hall–Kier alpha value is -3.19. The number of benzene rings is 2. The minimum absolute atomic E-state index is 0.944. The molecule has 0 amide bonds. The van der Waals surface area contributed by atoms with Gasteiger partial charge in [0.25, 0.3) is 0 Å². The Morgan fingerprint density at radius 1 is 1.04 bits per heavy atom. The highest BCUT2D eigenvalue weighted by atomic mass is 14.7. The molecule has 1 nitrogen and oxygen atoms in total. The maximum absolute atomic E-state index is 4.67. The number of nitrogens with zero attached hydrogens (tertiary/aromatic N) is 1. The van der Waals surface area contributed by atoms with Gasteiger partial charge in [-0.1, -0.05) is 93.3 Å². The van der Waals surface area contributed by atoms with E-state index in [4.69, 9.17) is 0 Å². The molecule has 1 aromatic heterocycles. The van der Waals surface area contributed by atoms with E-state index < -0.39 is 0 Å². The molecular weight excluding hydrogens is 338 g/mol. The topological polar surface area (TPSA) is 12.9 Å². The molecule has 0 atom stereocenters. The van der Waals surface area contributed by atoms with Gasteiger partial charge in [0.1, 0.15) is 0 Å². The first-order valence-electron chi connectivity index (χ1n) is 9.77. The van der Waals surface area contributed by atoms with Crippen LogP contribution in [0.1, 0.15) is 30.0 Å². The monoisotopic (exact) mass is 365 g/mol. The molecule has 0 saturated carbocycles. The van der Waals surface area contributed by atoms with Gasteiger partial charge in [-0.05, 0) is 47.2 Å². The van der Waals surface area contributed by atoms with E-state index >= 15 is 0 Å². The molecule has 0 radical (unpaired) electrons. The van der Waals surface area contributed by atoms with Crippen molar-refractivity contribution in [2.75, 3.05) is 0 Å². The second-order valence-corrected chi connectivity index (χ2v) is 6.99. The molecule has 3 rings (SSSR count). The molecule has 2 aromatic carbocycles. The third-order valence-corrected chi connectivity index (χ3v) is 4.92. The van der Waals surface area contributed by atoms with Crippen molar-refractivity contribution in [2.45, 2.75) is 26.7 Å². The van der Waals surface area contributed by atoms with E-state index in [2.05, 4.69) is 86.6 Å². The van der Waals surface area contributed by atoms with Crippen molar-refractivity contribution in [1.82, 2.24) is 4.98 Å². The number of allylic oxidation sites excluding steroid dienone is 4. The summed E-state index contributed by atoms with van der Waals surface area (Å²) < 4.78 is 0. The molecule has 0 fully saturated rings. The van der Waals surface area contributed by atoms with Crippen molar-refractivity contribution >= 4 is 5.57 Å². The summed E-state index contributed by atoms with van der Waals surface area (Å²) in [5, 5.41) is 0. The van der Waals surface area contributed by atoms with Gasteiger partial charge in [0.2, 0.25) is 0 Å². The largest absolute Gasteiger partial charge is 0.256 e. The van der Waals surface area contributed by atoms with Gasteiger partial charge in [0, 0.05) is 17.3 Å². The number of rotatable bonds is 7. The molecule has 0 aliphatic rings. The van der Waals surface area contributed by atoms with E-state index in [1.807, 2.05) is 18.3 Å². The first kappa shape index (κ1) is 19.6. The first-order chi connectivity index (χ1) is 13.6. The second-order valence-electron chi connectivity index (χ2n) is 6.99. The van der Waals surface area contributed by atoms with Crippen LogP contribution in [0.25, 0.3) is 28.0 Å². The van der Waals surface area contributed by atoms with Crippen LogP contribution in [0.4, 0.5) is 0 Å². The zero-order valence-corrected chi connectivity index (χ0v) is 16.8. The van der Waals surface area contributed by atoms with E-state index in [0.717, 1.165) is 35.2 Å². The van der Waals surface area contributed by atoms with Crippen LogP contribution in [-0.2, 0) is 6.42 Å². The van der Waals surface area contributed by atoms with Crippen LogP contribution < -0.4 is 0 Å². The van der Waals surface area contributed by atoms with Crippen molar-refractivity contribution in [2.24, 2.45) is 0 Å². The summed E-state index contributed by atoms with van der Waals surface area (Å²) in [6.45, 7) is 12.1. The lowest BCUT2D eigenvalue weighted by Crippen LogP contribution is -1.92. The lowest BCUT2D eigenvalue weighted by Gasteiger charge is -2.11. The molecule has 1 heteroatoms. The van der Waals surface area contributed by atoms with Crippen LogP contribution in [0.5, 0.6) is 0 Å². The third-order valence-electron chi connectivity index (χ3n) is 4.92. The molecule has 28 heavy (non-hydrogen) atoms. The van der Waals surface area contributed by atoms with Crippen molar-refractivity contribution < 1.29 is 0 Å². The van der Waals surface area contributed by atoms with Crippen LogP contribution in [0.3, 0.4) is 0 Å². The Labute approximate surface area is 168 Å². The van der Waals surface area contributed by atoms with Gasteiger partial charge in [0.05, 0.1) is 5.69 Å².